The van der Waals surface area contributed by atoms with Crippen LogP contribution in [0.25, 0.3) is 0 Å². The Morgan fingerprint density at radius 3 is 2.57 bits per heavy atom. The van der Waals surface area contributed by atoms with Crippen molar-refractivity contribution in [2.24, 2.45) is 0 Å². The number of thiophene rings is 1. The highest BCUT2D eigenvalue weighted by molar-refractivity contribution is 7.92. The molecular formula is C22H20N2O4S2. The number of fused-ring (bicyclic) bond motifs is 1. The van der Waals surface area contributed by atoms with Crippen molar-refractivity contribution < 1.29 is 18.0 Å². The van der Waals surface area contributed by atoms with Crippen LogP contribution in [0, 0.1) is 0 Å². The van der Waals surface area contributed by atoms with Crippen LogP contribution in [-0.4, -0.2) is 32.0 Å². The Morgan fingerprint density at radius 1 is 1.07 bits per heavy atom. The van der Waals surface area contributed by atoms with Crippen molar-refractivity contribution in [1.82, 2.24) is 0 Å². The highest BCUT2D eigenvalue weighted by Gasteiger charge is 2.34. The van der Waals surface area contributed by atoms with E-state index in [1.165, 1.54) is 23.5 Å². The van der Waals surface area contributed by atoms with E-state index in [-0.39, 0.29) is 22.5 Å². The lowest BCUT2D eigenvalue weighted by atomic mass is 10.1. The molecule has 0 radical (unpaired) electrons. The summed E-state index contributed by atoms with van der Waals surface area (Å²) in [5, 5.41) is 4.42. The fraction of sp³-hybridized carbons (Fsp3) is 0.182. The lowest BCUT2D eigenvalue weighted by molar-refractivity contribution is -0.116. The van der Waals surface area contributed by atoms with Gasteiger partial charge in [0.05, 0.1) is 15.5 Å². The van der Waals surface area contributed by atoms with Gasteiger partial charge in [-0.05, 0) is 48.6 Å². The van der Waals surface area contributed by atoms with Crippen LogP contribution in [0.15, 0.2) is 70.9 Å². The molecule has 0 aliphatic carbocycles. The van der Waals surface area contributed by atoms with Gasteiger partial charge in [0.15, 0.2) is 9.84 Å². The van der Waals surface area contributed by atoms with Gasteiger partial charge >= 0.3 is 0 Å². The van der Waals surface area contributed by atoms with Crippen LogP contribution < -0.4 is 10.2 Å². The number of carbonyl (C=O) groups is 2. The van der Waals surface area contributed by atoms with Gasteiger partial charge in [-0.1, -0.05) is 36.4 Å². The van der Waals surface area contributed by atoms with Crippen molar-refractivity contribution in [2.75, 3.05) is 16.0 Å². The second kappa shape index (κ2) is 8.04. The molecule has 1 unspecified atom stereocenters. The summed E-state index contributed by atoms with van der Waals surface area (Å²) >= 11 is 1.26. The van der Waals surface area contributed by atoms with Crippen LogP contribution in [0.2, 0.25) is 0 Å². The first-order valence-electron chi connectivity index (χ1n) is 9.43. The number of sulfone groups is 1. The average molecular weight is 441 g/mol. The quantitative estimate of drug-likeness (QED) is 0.655. The number of amides is 2. The van der Waals surface area contributed by atoms with Crippen LogP contribution in [0.5, 0.6) is 0 Å². The largest absolute Gasteiger partial charge is 0.320 e. The highest BCUT2D eigenvalue weighted by Crippen LogP contribution is 2.32. The zero-order chi connectivity index (χ0) is 21.3. The average Bonchev–Trinajstić information content (AvgIpc) is 3.35. The maximum absolute atomic E-state index is 13.1. The molecule has 0 spiro atoms. The van der Waals surface area contributed by atoms with Crippen molar-refractivity contribution in [3.8, 4) is 0 Å². The molecule has 0 saturated heterocycles. The molecule has 0 fully saturated rings. The molecule has 0 bridgehead atoms. The van der Waals surface area contributed by atoms with E-state index in [4.69, 9.17) is 0 Å². The molecule has 2 amide bonds. The van der Waals surface area contributed by atoms with Gasteiger partial charge in [0, 0.05) is 11.7 Å². The number of benzene rings is 2. The standard InChI is InChI=1S/C22H20N2O4S2/c1-15-13-16-7-2-4-9-18(16)24(15)21(25)14-30(27,28)20-11-5-3-8-17(20)23-22(26)19-10-6-12-29-19/h2-12,15H,13-14H2,1H3,(H,23,26). The molecule has 0 saturated carbocycles. The summed E-state index contributed by atoms with van der Waals surface area (Å²) < 4.78 is 26.2. The minimum Gasteiger partial charge on any atom is -0.320 e. The van der Waals surface area contributed by atoms with Crippen LogP contribution in [0.3, 0.4) is 0 Å². The highest BCUT2D eigenvalue weighted by atomic mass is 32.2. The summed E-state index contributed by atoms with van der Waals surface area (Å²) in [6.07, 6.45) is 0.690. The van der Waals surface area contributed by atoms with Crippen molar-refractivity contribution >= 4 is 44.4 Å². The van der Waals surface area contributed by atoms with Crippen molar-refractivity contribution in [3.63, 3.8) is 0 Å². The van der Waals surface area contributed by atoms with E-state index < -0.39 is 21.5 Å². The number of hydrogen-bond donors (Lipinski definition) is 1. The summed E-state index contributed by atoms with van der Waals surface area (Å²) in [5.41, 5.74) is 1.95. The predicted molar refractivity (Wildman–Crippen MR) is 118 cm³/mol. The summed E-state index contributed by atoms with van der Waals surface area (Å²) in [6.45, 7) is 1.90. The number of para-hydroxylation sites is 2. The van der Waals surface area contributed by atoms with Crippen molar-refractivity contribution in [1.29, 1.82) is 0 Å². The molecule has 30 heavy (non-hydrogen) atoms. The van der Waals surface area contributed by atoms with E-state index >= 15 is 0 Å². The number of rotatable bonds is 5. The molecular weight excluding hydrogens is 420 g/mol. The third kappa shape index (κ3) is 3.88. The minimum atomic E-state index is -3.97. The molecule has 1 aromatic heterocycles. The Hall–Kier alpha value is -2.97. The maximum Gasteiger partial charge on any atom is 0.265 e. The van der Waals surface area contributed by atoms with E-state index in [1.54, 1.807) is 34.5 Å². The molecule has 8 heteroatoms. The minimum absolute atomic E-state index is 0.0663. The molecule has 2 aromatic carbocycles. The van der Waals surface area contributed by atoms with Gasteiger partial charge in [0.1, 0.15) is 5.75 Å². The van der Waals surface area contributed by atoms with Crippen LogP contribution >= 0.6 is 11.3 Å². The van der Waals surface area contributed by atoms with E-state index in [0.29, 0.717) is 11.3 Å². The molecule has 6 nitrogen and oxygen atoms in total. The third-order valence-electron chi connectivity index (χ3n) is 5.00. The van der Waals surface area contributed by atoms with E-state index in [2.05, 4.69) is 5.32 Å². The Bertz CT molecular complexity index is 1200. The monoisotopic (exact) mass is 440 g/mol. The summed E-state index contributed by atoms with van der Waals surface area (Å²) in [6, 6.07) is 17.0. The van der Waals surface area contributed by atoms with Crippen LogP contribution in [0.4, 0.5) is 11.4 Å². The fourth-order valence-electron chi connectivity index (χ4n) is 3.69. The zero-order valence-corrected chi connectivity index (χ0v) is 17.9. The van der Waals surface area contributed by atoms with Gasteiger partial charge in [-0.15, -0.1) is 11.3 Å². The van der Waals surface area contributed by atoms with Crippen molar-refractivity contribution in [3.05, 3.63) is 76.5 Å². The van der Waals surface area contributed by atoms with E-state index in [0.717, 1.165) is 11.3 Å². The van der Waals surface area contributed by atoms with Crippen LogP contribution in [-0.2, 0) is 21.1 Å². The third-order valence-corrected chi connectivity index (χ3v) is 7.53. The van der Waals surface area contributed by atoms with Gasteiger partial charge in [0.2, 0.25) is 5.91 Å². The molecule has 154 valence electrons. The lowest BCUT2D eigenvalue weighted by Gasteiger charge is -2.23. The first-order chi connectivity index (χ1) is 14.4. The number of nitrogens with one attached hydrogen (secondary N) is 1. The van der Waals surface area contributed by atoms with Gasteiger partial charge in [-0.25, -0.2) is 8.42 Å². The molecule has 1 aliphatic heterocycles. The Balaban J connectivity index is 1.59. The zero-order valence-electron chi connectivity index (χ0n) is 16.2. The topological polar surface area (TPSA) is 83.6 Å². The summed E-state index contributed by atoms with van der Waals surface area (Å²) in [4.78, 5) is 27.3. The Morgan fingerprint density at radius 2 is 1.80 bits per heavy atom. The molecule has 1 aliphatic rings. The number of anilines is 2. The molecule has 3 aromatic rings. The van der Waals surface area contributed by atoms with Gasteiger partial charge < -0.3 is 10.2 Å². The van der Waals surface area contributed by atoms with Crippen LogP contribution in [0.1, 0.15) is 22.2 Å². The van der Waals surface area contributed by atoms with Gasteiger partial charge in [0.25, 0.3) is 5.91 Å². The van der Waals surface area contributed by atoms with E-state index in [9.17, 15) is 18.0 Å². The Kier molecular flexibility index (Phi) is 5.44. The van der Waals surface area contributed by atoms with Crippen molar-refractivity contribution in [2.45, 2.75) is 24.3 Å². The smallest absolute Gasteiger partial charge is 0.265 e. The van der Waals surface area contributed by atoms with Gasteiger partial charge in [-0.3, -0.25) is 9.59 Å². The van der Waals surface area contributed by atoms with Gasteiger partial charge in [-0.2, -0.15) is 0 Å². The number of carbonyl (C=O) groups excluding carboxylic acids is 2. The first kappa shape index (κ1) is 20.3. The molecule has 1 N–H and O–H groups in total. The Labute approximate surface area is 179 Å². The molecule has 2 heterocycles. The summed E-state index contributed by atoms with van der Waals surface area (Å²) in [5.74, 6) is -1.54. The fourth-order valence-corrected chi connectivity index (χ4v) is 5.67. The lowest BCUT2D eigenvalue weighted by Crippen LogP contribution is -2.39. The predicted octanol–water partition coefficient (Wildman–Crippen LogP) is 3.75. The maximum atomic E-state index is 13.1. The second-order valence-electron chi connectivity index (χ2n) is 7.13. The number of nitrogens with zero attached hydrogens (tertiary/aromatic N) is 1. The number of hydrogen-bond acceptors (Lipinski definition) is 5. The van der Waals surface area contributed by atoms with E-state index in [1.807, 2.05) is 31.2 Å². The first-order valence-corrected chi connectivity index (χ1v) is 12.0. The molecule has 1 atom stereocenters. The normalized spacial score (nSPS) is 15.6. The second-order valence-corrected chi connectivity index (χ2v) is 10.0. The SMILES string of the molecule is CC1Cc2ccccc2N1C(=O)CS(=O)(=O)c1ccccc1NC(=O)c1cccs1. The summed E-state index contributed by atoms with van der Waals surface area (Å²) in [7, 11) is -3.97. The molecule has 4 rings (SSSR count).